The van der Waals surface area contributed by atoms with E-state index in [0.717, 1.165) is 17.2 Å². The van der Waals surface area contributed by atoms with Gasteiger partial charge >= 0.3 is 5.97 Å². The van der Waals surface area contributed by atoms with Gasteiger partial charge in [0.15, 0.2) is 11.6 Å². The van der Waals surface area contributed by atoms with Crippen molar-refractivity contribution < 1.29 is 23.5 Å². The lowest BCUT2D eigenvalue weighted by Crippen LogP contribution is -2.31. The van der Waals surface area contributed by atoms with Crippen LogP contribution in [0, 0.1) is 11.6 Å². The van der Waals surface area contributed by atoms with Crippen LogP contribution in [0.3, 0.4) is 0 Å². The van der Waals surface area contributed by atoms with Crippen molar-refractivity contribution in [3.8, 4) is 0 Å². The molecule has 1 aromatic carbocycles. The van der Waals surface area contributed by atoms with Gasteiger partial charge in [-0.15, -0.1) is 0 Å². The Morgan fingerprint density at radius 2 is 2.05 bits per heavy atom. The third-order valence-electron chi connectivity index (χ3n) is 2.71. The lowest BCUT2D eigenvalue weighted by Gasteiger charge is -2.14. The molecule has 1 aromatic heterocycles. The van der Waals surface area contributed by atoms with E-state index in [1.807, 2.05) is 0 Å². The SMILES string of the molecule is CN(CC(=O)O)C(=O)c1cnc2c(F)c(F)ccc2c1. The van der Waals surface area contributed by atoms with E-state index in [2.05, 4.69) is 4.98 Å². The van der Waals surface area contributed by atoms with Gasteiger partial charge in [-0.3, -0.25) is 14.6 Å². The first-order valence-electron chi connectivity index (χ1n) is 5.61. The molecule has 0 atom stereocenters. The molecule has 0 aliphatic rings. The zero-order chi connectivity index (χ0) is 14.9. The molecule has 0 saturated heterocycles. The summed E-state index contributed by atoms with van der Waals surface area (Å²) >= 11 is 0. The molecule has 1 N–H and O–H groups in total. The van der Waals surface area contributed by atoms with Crippen molar-refractivity contribution in [1.29, 1.82) is 0 Å². The molecule has 0 saturated carbocycles. The molecule has 0 aliphatic carbocycles. The highest BCUT2D eigenvalue weighted by Crippen LogP contribution is 2.19. The molecule has 0 spiro atoms. The largest absolute Gasteiger partial charge is 0.480 e. The van der Waals surface area contributed by atoms with Crippen LogP contribution >= 0.6 is 0 Å². The lowest BCUT2D eigenvalue weighted by atomic mass is 10.1. The van der Waals surface area contributed by atoms with Crippen molar-refractivity contribution in [2.75, 3.05) is 13.6 Å². The minimum atomic E-state index is -1.15. The fourth-order valence-corrected chi connectivity index (χ4v) is 1.75. The number of halogens is 2. The van der Waals surface area contributed by atoms with Crippen LogP contribution in [0.5, 0.6) is 0 Å². The third-order valence-corrected chi connectivity index (χ3v) is 2.71. The minimum Gasteiger partial charge on any atom is -0.480 e. The van der Waals surface area contributed by atoms with Crippen LogP contribution in [0.1, 0.15) is 10.4 Å². The number of carboxylic acid groups (broad SMARTS) is 1. The summed E-state index contributed by atoms with van der Waals surface area (Å²) in [6, 6.07) is 3.58. The number of hydrogen-bond donors (Lipinski definition) is 1. The van der Waals surface area contributed by atoms with E-state index < -0.39 is 30.1 Å². The van der Waals surface area contributed by atoms with Crippen molar-refractivity contribution in [3.05, 3.63) is 41.6 Å². The summed E-state index contributed by atoms with van der Waals surface area (Å²) in [7, 11) is 1.33. The van der Waals surface area contributed by atoms with Crippen molar-refractivity contribution in [1.82, 2.24) is 9.88 Å². The Morgan fingerprint density at radius 1 is 1.35 bits per heavy atom. The molecule has 104 valence electrons. The summed E-state index contributed by atoms with van der Waals surface area (Å²) in [5.74, 6) is -3.82. The number of carboxylic acids is 1. The van der Waals surface area contributed by atoms with E-state index in [4.69, 9.17) is 5.11 Å². The van der Waals surface area contributed by atoms with Crippen molar-refractivity contribution in [3.63, 3.8) is 0 Å². The van der Waals surface area contributed by atoms with Gasteiger partial charge in [0.1, 0.15) is 12.1 Å². The van der Waals surface area contributed by atoms with Crippen LogP contribution < -0.4 is 0 Å². The molecule has 0 radical (unpaired) electrons. The standard InChI is InChI=1S/C13H10F2N2O3/c1-17(6-10(18)19)13(20)8-4-7-2-3-9(14)11(15)12(7)16-5-8/h2-5H,6H2,1H3,(H,18,19). The quantitative estimate of drug-likeness (QED) is 0.928. The summed E-state index contributed by atoms with van der Waals surface area (Å²) in [4.78, 5) is 27.2. The topological polar surface area (TPSA) is 70.5 Å². The Morgan fingerprint density at radius 3 is 2.70 bits per heavy atom. The maximum Gasteiger partial charge on any atom is 0.323 e. The molecule has 7 heteroatoms. The number of benzene rings is 1. The molecule has 0 unspecified atom stereocenters. The number of nitrogens with zero attached hydrogens (tertiary/aromatic N) is 2. The predicted molar refractivity (Wildman–Crippen MR) is 66.3 cm³/mol. The molecule has 1 amide bonds. The highest BCUT2D eigenvalue weighted by atomic mass is 19.2. The number of pyridine rings is 1. The second-order valence-corrected chi connectivity index (χ2v) is 4.21. The number of rotatable bonds is 3. The Kier molecular flexibility index (Phi) is 3.60. The predicted octanol–water partition coefficient (Wildman–Crippen LogP) is 1.67. The Balaban J connectivity index is 2.40. The van der Waals surface area contributed by atoms with Gasteiger partial charge in [0.05, 0.1) is 5.56 Å². The minimum absolute atomic E-state index is 0.104. The third kappa shape index (κ3) is 2.56. The highest BCUT2D eigenvalue weighted by molar-refractivity contribution is 5.98. The Hall–Kier alpha value is -2.57. The van der Waals surface area contributed by atoms with Gasteiger partial charge in [0.25, 0.3) is 5.91 Å². The smallest absolute Gasteiger partial charge is 0.323 e. The van der Waals surface area contributed by atoms with Gasteiger partial charge in [-0.1, -0.05) is 0 Å². The molecule has 2 aromatic rings. The van der Waals surface area contributed by atoms with Crippen LogP contribution in [0.4, 0.5) is 8.78 Å². The average Bonchev–Trinajstić information content (AvgIpc) is 2.41. The van der Waals surface area contributed by atoms with E-state index in [-0.39, 0.29) is 16.5 Å². The normalized spacial score (nSPS) is 10.6. The monoisotopic (exact) mass is 280 g/mol. The first kappa shape index (κ1) is 13.9. The zero-order valence-corrected chi connectivity index (χ0v) is 10.4. The Labute approximate surface area is 112 Å². The zero-order valence-electron chi connectivity index (χ0n) is 10.4. The maximum atomic E-state index is 13.5. The number of carbonyl (C=O) groups excluding carboxylic acids is 1. The van der Waals surface area contributed by atoms with Crippen LogP contribution in [-0.2, 0) is 4.79 Å². The molecule has 0 fully saturated rings. The van der Waals surface area contributed by atoms with Crippen molar-refractivity contribution >= 4 is 22.8 Å². The van der Waals surface area contributed by atoms with Gasteiger partial charge < -0.3 is 10.0 Å². The van der Waals surface area contributed by atoms with Gasteiger partial charge in [-0.2, -0.15) is 0 Å². The number of amides is 1. The fraction of sp³-hybridized carbons (Fsp3) is 0.154. The first-order chi connectivity index (χ1) is 9.40. The number of hydrogen-bond acceptors (Lipinski definition) is 3. The van der Waals surface area contributed by atoms with Crippen molar-refractivity contribution in [2.24, 2.45) is 0 Å². The molecule has 2 rings (SSSR count). The number of carbonyl (C=O) groups is 2. The summed E-state index contributed by atoms with van der Waals surface area (Å²) in [6.07, 6.45) is 1.09. The van der Waals surface area contributed by atoms with Crippen LogP contribution in [0.2, 0.25) is 0 Å². The fourth-order valence-electron chi connectivity index (χ4n) is 1.75. The van der Waals surface area contributed by atoms with E-state index in [0.29, 0.717) is 0 Å². The molecule has 1 heterocycles. The first-order valence-corrected chi connectivity index (χ1v) is 5.61. The van der Waals surface area contributed by atoms with E-state index in [9.17, 15) is 18.4 Å². The van der Waals surface area contributed by atoms with E-state index in [1.165, 1.54) is 19.2 Å². The molecular formula is C13H10F2N2O3. The second kappa shape index (κ2) is 5.20. The van der Waals surface area contributed by atoms with Gasteiger partial charge in [0, 0.05) is 18.6 Å². The Bertz CT molecular complexity index is 703. The van der Waals surface area contributed by atoms with Crippen LogP contribution in [0.25, 0.3) is 10.9 Å². The molecule has 5 nitrogen and oxygen atoms in total. The number of aliphatic carboxylic acids is 1. The lowest BCUT2D eigenvalue weighted by molar-refractivity contribution is -0.137. The number of likely N-dealkylation sites (N-methyl/N-ethyl adjacent to an activating group) is 1. The molecule has 20 heavy (non-hydrogen) atoms. The van der Waals surface area contributed by atoms with Crippen LogP contribution in [-0.4, -0.2) is 40.5 Å². The average molecular weight is 280 g/mol. The number of aromatic nitrogens is 1. The van der Waals surface area contributed by atoms with Gasteiger partial charge in [-0.05, 0) is 18.2 Å². The second-order valence-electron chi connectivity index (χ2n) is 4.21. The summed E-state index contributed by atoms with van der Waals surface area (Å²) in [6.45, 7) is -0.464. The van der Waals surface area contributed by atoms with Crippen LogP contribution in [0.15, 0.2) is 24.4 Å². The van der Waals surface area contributed by atoms with Crippen molar-refractivity contribution in [2.45, 2.75) is 0 Å². The summed E-state index contributed by atoms with van der Waals surface area (Å²) in [5.41, 5.74) is -0.0744. The summed E-state index contributed by atoms with van der Waals surface area (Å²) < 4.78 is 26.5. The molecule has 0 aliphatic heterocycles. The van der Waals surface area contributed by atoms with Gasteiger partial charge in [0.2, 0.25) is 0 Å². The van der Waals surface area contributed by atoms with E-state index >= 15 is 0 Å². The molecule has 0 bridgehead atoms. The molecular weight excluding hydrogens is 270 g/mol. The number of fused-ring (bicyclic) bond motifs is 1. The maximum absolute atomic E-state index is 13.5. The van der Waals surface area contributed by atoms with E-state index in [1.54, 1.807) is 0 Å². The highest BCUT2D eigenvalue weighted by Gasteiger charge is 2.16. The van der Waals surface area contributed by atoms with Gasteiger partial charge in [-0.25, -0.2) is 8.78 Å². The summed E-state index contributed by atoms with van der Waals surface area (Å²) in [5, 5.41) is 8.88.